The molecule has 1 saturated heterocycles. The summed E-state index contributed by atoms with van der Waals surface area (Å²) in [6.07, 6.45) is 3.73. The van der Waals surface area contributed by atoms with E-state index in [2.05, 4.69) is 22.4 Å². The van der Waals surface area contributed by atoms with Gasteiger partial charge in [-0.2, -0.15) is 5.10 Å². The van der Waals surface area contributed by atoms with Crippen LogP contribution in [0.4, 0.5) is 5.69 Å². The monoisotopic (exact) mass is 286 g/mol. The van der Waals surface area contributed by atoms with Crippen LogP contribution in [0.1, 0.15) is 12.8 Å². The Hall–Kier alpha value is -1.11. The normalized spacial score (nSPS) is 20.5. The number of rotatable bonds is 4. The number of likely N-dealkylation sites (N-methyl/N-ethyl adjacent to an activating group) is 1. The fraction of sp³-hybridized carbons (Fsp3) is 0.667. The van der Waals surface area contributed by atoms with Crippen LogP contribution in [0.25, 0.3) is 0 Å². The number of aliphatic hydroxyl groups is 1. The highest BCUT2D eigenvalue weighted by Gasteiger charge is 2.19. The summed E-state index contributed by atoms with van der Waals surface area (Å²) >= 11 is 6.06. The maximum Gasteiger partial charge on any atom is 0.287 e. The van der Waals surface area contributed by atoms with Gasteiger partial charge >= 0.3 is 0 Å². The predicted molar refractivity (Wildman–Crippen MR) is 74.7 cm³/mol. The molecular formula is C12H19ClN4O2. The standard InChI is InChI=1S/C12H19ClN4O2/c1-16-4-2-3-9(8-16)15-10-7-14-17(5-6-18)12(19)11(10)13/h7,9,15,18H,2-6,8H2,1H3. The highest BCUT2D eigenvalue weighted by atomic mass is 35.5. The summed E-state index contributed by atoms with van der Waals surface area (Å²) < 4.78 is 1.17. The number of hydrogen-bond acceptors (Lipinski definition) is 5. The minimum Gasteiger partial charge on any atom is -0.394 e. The van der Waals surface area contributed by atoms with E-state index >= 15 is 0 Å². The molecule has 2 rings (SSSR count). The number of anilines is 1. The molecule has 0 bridgehead atoms. The Bertz CT molecular complexity index is 491. The first-order valence-corrected chi connectivity index (χ1v) is 6.81. The van der Waals surface area contributed by atoms with Crippen LogP contribution in [-0.2, 0) is 6.54 Å². The zero-order chi connectivity index (χ0) is 13.8. The molecule has 6 nitrogen and oxygen atoms in total. The minimum atomic E-state index is -0.370. The maximum absolute atomic E-state index is 11.9. The number of likely N-dealkylation sites (tertiary alicyclic amines) is 1. The molecular weight excluding hydrogens is 268 g/mol. The first-order chi connectivity index (χ1) is 9.11. The van der Waals surface area contributed by atoms with Gasteiger partial charge in [0.2, 0.25) is 0 Å². The molecule has 1 unspecified atom stereocenters. The molecule has 1 aromatic heterocycles. The van der Waals surface area contributed by atoms with E-state index in [1.807, 2.05) is 0 Å². The lowest BCUT2D eigenvalue weighted by atomic mass is 10.1. The highest BCUT2D eigenvalue weighted by Crippen LogP contribution is 2.19. The van der Waals surface area contributed by atoms with Gasteiger partial charge < -0.3 is 15.3 Å². The Morgan fingerprint density at radius 2 is 2.42 bits per heavy atom. The summed E-state index contributed by atoms with van der Waals surface area (Å²) in [5.74, 6) is 0. The van der Waals surface area contributed by atoms with Crippen molar-refractivity contribution in [1.82, 2.24) is 14.7 Å². The number of piperidine rings is 1. The first kappa shape index (κ1) is 14.3. The van der Waals surface area contributed by atoms with Crippen LogP contribution < -0.4 is 10.9 Å². The molecule has 2 heterocycles. The van der Waals surface area contributed by atoms with E-state index in [1.165, 1.54) is 4.68 Å². The van der Waals surface area contributed by atoms with Crippen LogP contribution >= 0.6 is 11.6 Å². The Kier molecular flexibility index (Phi) is 4.79. The zero-order valence-corrected chi connectivity index (χ0v) is 11.7. The summed E-state index contributed by atoms with van der Waals surface area (Å²) in [5.41, 5.74) is 0.200. The molecule has 0 saturated carbocycles. The molecule has 0 amide bonds. The zero-order valence-electron chi connectivity index (χ0n) is 11.0. The summed E-state index contributed by atoms with van der Waals surface area (Å²) in [4.78, 5) is 14.1. The van der Waals surface area contributed by atoms with E-state index in [-0.39, 0.29) is 29.8 Å². The van der Waals surface area contributed by atoms with Crippen LogP contribution in [0.3, 0.4) is 0 Å². The van der Waals surface area contributed by atoms with Gasteiger partial charge in [0.1, 0.15) is 5.02 Å². The third-order valence-electron chi connectivity index (χ3n) is 3.28. The van der Waals surface area contributed by atoms with Crippen molar-refractivity contribution in [3.8, 4) is 0 Å². The lowest BCUT2D eigenvalue weighted by Crippen LogP contribution is -2.40. The van der Waals surface area contributed by atoms with E-state index < -0.39 is 0 Å². The molecule has 1 fully saturated rings. The van der Waals surface area contributed by atoms with Crippen molar-refractivity contribution >= 4 is 17.3 Å². The van der Waals surface area contributed by atoms with Crippen LogP contribution in [0, 0.1) is 0 Å². The van der Waals surface area contributed by atoms with Gasteiger partial charge in [-0.3, -0.25) is 4.79 Å². The Labute approximate surface area is 117 Å². The van der Waals surface area contributed by atoms with Crippen molar-refractivity contribution in [3.63, 3.8) is 0 Å². The molecule has 0 aromatic carbocycles. The third-order valence-corrected chi connectivity index (χ3v) is 3.65. The highest BCUT2D eigenvalue weighted by molar-refractivity contribution is 6.32. The second-order valence-electron chi connectivity index (χ2n) is 4.87. The largest absolute Gasteiger partial charge is 0.394 e. The molecule has 1 atom stereocenters. The van der Waals surface area contributed by atoms with Crippen molar-refractivity contribution in [2.75, 3.05) is 32.1 Å². The molecule has 19 heavy (non-hydrogen) atoms. The quantitative estimate of drug-likeness (QED) is 0.838. The van der Waals surface area contributed by atoms with Crippen molar-refractivity contribution in [2.24, 2.45) is 0 Å². The van der Waals surface area contributed by atoms with Crippen molar-refractivity contribution in [2.45, 2.75) is 25.4 Å². The van der Waals surface area contributed by atoms with E-state index in [0.717, 1.165) is 25.9 Å². The van der Waals surface area contributed by atoms with Crippen LogP contribution in [0.5, 0.6) is 0 Å². The van der Waals surface area contributed by atoms with Gasteiger partial charge in [-0.05, 0) is 26.4 Å². The Morgan fingerprint density at radius 1 is 1.63 bits per heavy atom. The van der Waals surface area contributed by atoms with Crippen molar-refractivity contribution < 1.29 is 5.11 Å². The molecule has 7 heteroatoms. The molecule has 106 valence electrons. The van der Waals surface area contributed by atoms with E-state index in [0.29, 0.717) is 5.69 Å². The molecule has 0 radical (unpaired) electrons. The lowest BCUT2D eigenvalue weighted by Gasteiger charge is -2.30. The third kappa shape index (κ3) is 3.46. The molecule has 1 aliphatic heterocycles. The summed E-state index contributed by atoms with van der Waals surface area (Å²) in [5, 5.41) is 16.2. The number of nitrogens with zero attached hydrogens (tertiary/aromatic N) is 3. The number of nitrogens with one attached hydrogen (secondary N) is 1. The van der Waals surface area contributed by atoms with Crippen LogP contribution in [0.15, 0.2) is 11.0 Å². The number of hydrogen-bond donors (Lipinski definition) is 2. The summed E-state index contributed by atoms with van der Waals surface area (Å²) in [7, 11) is 2.08. The smallest absolute Gasteiger partial charge is 0.287 e. The van der Waals surface area contributed by atoms with Gasteiger partial charge in [0.25, 0.3) is 5.56 Å². The minimum absolute atomic E-state index is 0.135. The van der Waals surface area contributed by atoms with Gasteiger partial charge in [0, 0.05) is 12.6 Å². The number of aliphatic hydroxyl groups excluding tert-OH is 1. The summed E-state index contributed by atoms with van der Waals surface area (Å²) in [6.45, 7) is 2.05. The number of halogens is 1. The van der Waals surface area contributed by atoms with Gasteiger partial charge in [-0.1, -0.05) is 11.6 Å². The average molecular weight is 287 g/mol. The van der Waals surface area contributed by atoms with E-state index in [9.17, 15) is 4.79 Å². The van der Waals surface area contributed by atoms with Gasteiger partial charge in [-0.15, -0.1) is 0 Å². The predicted octanol–water partition coefficient (Wildman–Crippen LogP) is 0.395. The van der Waals surface area contributed by atoms with Gasteiger partial charge in [0.15, 0.2) is 0 Å². The fourth-order valence-electron chi connectivity index (χ4n) is 2.32. The maximum atomic E-state index is 11.9. The van der Waals surface area contributed by atoms with Crippen molar-refractivity contribution in [1.29, 1.82) is 0 Å². The Balaban J connectivity index is 2.12. The number of aromatic nitrogens is 2. The van der Waals surface area contributed by atoms with Crippen molar-refractivity contribution in [3.05, 3.63) is 21.6 Å². The molecule has 0 aliphatic carbocycles. The summed E-state index contributed by atoms with van der Waals surface area (Å²) in [6, 6.07) is 0.283. The SMILES string of the molecule is CN1CCCC(Nc2cnn(CCO)c(=O)c2Cl)C1. The molecule has 1 aromatic rings. The van der Waals surface area contributed by atoms with Gasteiger partial charge in [0.05, 0.1) is 25.0 Å². The van der Waals surface area contributed by atoms with E-state index in [1.54, 1.807) is 6.20 Å². The van der Waals surface area contributed by atoms with Crippen LogP contribution in [0.2, 0.25) is 5.02 Å². The molecule has 1 aliphatic rings. The van der Waals surface area contributed by atoms with Crippen LogP contribution in [-0.4, -0.2) is 52.6 Å². The topological polar surface area (TPSA) is 70.4 Å². The fourth-order valence-corrected chi connectivity index (χ4v) is 2.52. The average Bonchev–Trinajstić information content (AvgIpc) is 2.39. The second kappa shape index (κ2) is 6.36. The second-order valence-corrected chi connectivity index (χ2v) is 5.25. The molecule has 0 spiro atoms. The van der Waals surface area contributed by atoms with E-state index in [4.69, 9.17) is 16.7 Å². The first-order valence-electron chi connectivity index (χ1n) is 6.43. The molecule has 2 N–H and O–H groups in total. The lowest BCUT2D eigenvalue weighted by molar-refractivity contribution is 0.260. The Morgan fingerprint density at radius 3 is 3.11 bits per heavy atom. The van der Waals surface area contributed by atoms with Gasteiger partial charge in [-0.25, -0.2) is 4.68 Å².